The number of anilines is 4. The summed E-state index contributed by atoms with van der Waals surface area (Å²) >= 11 is 0. The Hall–Kier alpha value is -6.91. The van der Waals surface area contributed by atoms with Gasteiger partial charge < -0.3 is 27.8 Å². The van der Waals surface area contributed by atoms with Gasteiger partial charge in [0.15, 0.2) is 0 Å². The monoisotopic (exact) mass is 690 g/mol. The van der Waals surface area contributed by atoms with E-state index in [-0.39, 0.29) is 34.4 Å². The molecule has 264 valence electrons. The van der Waals surface area contributed by atoms with Crippen LogP contribution >= 0.6 is 0 Å². The van der Waals surface area contributed by atoms with Crippen molar-refractivity contribution >= 4 is 57.5 Å². The molecule has 0 heterocycles. The Morgan fingerprint density at radius 3 is 1.30 bits per heavy atom. The highest BCUT2D eigenvalue weighted by atomic mass is 16.6. The molecule has 4 aromatic rings. The first-order valence-corrected chi connectivity index (χ1v) is 14.4. The third kappa shape index (κ3) is 13.8. The third-order valence-electron chi connectivity index (χ3n) is 6.40. The molecular formula is C33H38N8O9. The number of nitrogen functional groups attached to an aromatic ring is 2. The molecule has 4 aromatic carbocycles. The van der Waals surface area contributed by atoms with Crippen molar-refractivity contribution in [3.05, 3.63) is 131 Å². The van der Waals surface area contributed by atoms with Crippen LogP contribution in [0.15, 0.2) is 72.8 Å². The first kappa shape index (κ1) is 41.1. The number of carbonyl (C=O) groups excluding carboxylic acids is 3. The molecule has 0 aliphatic rings. The standard InChI is InChI=1S/C9H10N2O3.C9H12N2O.C8H8N2O3.C7H8N2O2/c1-6-5-8(10-7(2)12)3-4-9(6)11(13)14;1-6-5-8(11-7(2)12)3-4-9(6)10;1-5-4-6(8(9)11)2-3-7(5)10(12)13;1-5-4-6(8)2-3-7(5)9(10)11/h3-5H,1-2H3,(H,10,12);3-5H,10H2,1-2H3,(H,11,12);2-4H,1H3,(H2,9,11);2-4H,8H2,1H3. The number of primary amides is 1. The van der Waals surface area contributed by atoms with Gasteiger partial charge in [-0.25, -0.2) is 0 Å². The lowest BCUT2D eigenvalue weighted by atomic mass is 10.1. The van der Waals surface area contributed by atoms with Crippen molar-refractivity contribution in [2.45, 2.75) is 41.5 Å². The third-order valence-corrected chi connectivity index (χ3v) is 6.40. The van der Waals surface area contributed by atoms with E-state index in [1.165, 1.54) is 56.3 Å². The van der Waals surface area contributed by atoms with E-state index in [4.69, 9.17) is 17.2 Å². The number of benzene rings is 4. The van der Waals surface area contributed by atoms with E-state index in [9.17, 15) is 44.7 Å². The lowest BCUT2D eigenvalue weighted by Crippen LogP contribution is -2.11. The predicted molar refractivity (Wildman–Crippen MR) is 191 cm³/mol. The van der Waals surface area contributed by atoms with E-state index in [0.29, 0.717) is 28.1 Å². The summed E-state index contributed by atoms with van der Waals surface area (Å²) in [6, 6.07) is 18.4. The summed E-state index contributed by atoms with van der Waals surface area (Å²) in [7, 11) is 0. The summed E-state index contributed by atoms with van der Waals surface area (Å²) in [5.41, 5.74) is 21.6. The number of amides is 3. The van der Waals surface area contributed by atoms with Crippen LogP contribution < -0.4 is 27.8 Å². The molecule has 0 aromatic heterocycles. The second kappa shape index (κ2) is 19.0. The largest absolute Gasteiger partial charge is 0.399 e. The highest BCUT2D eigenvalue weighted by molar-refractivity contribution is 5.93. The van der Waals surface area contributed by atoms with Crippen molar-refractivity contribution in [1.29, 1.82) is 0 Å². The summed E-state index contributed by atoms with van der Waals surface area (Å²) < 4.78 is 0. The molecule has 8 N–H and O–H groups in total. The van der Waals surface area contributed by atoms with E-state index in [2.05, 4.69) is 10.6 Å². The number of rotatable bonds is 6. The van der Waals surface area contributed by atoms with E-state index in [1.807, 2.05) is 13.0 Å². The Labute approximate surface area is 286 Å². The molecule has 0 bridgehead atoms. The van der Waals surface area contributed by atoms with Gasteiger partial charge in [-0.2, -0.15) is 0 Å². The van der Waals surface area contributed by atoms with Crippen molar-refractivity contribution in [2.24, 2.45) is 5.73 Å². The number of nitrogens with zero attached hydrogens (tertiary/aromatic N) is 3. The fourth-order valence-electron chi connectivity index (χ4n) is 4.00. The molecular weight excluding hydrogens is 652 g/mol. The molecule has 50 heavy (non-hydrogen) atoms. The van der Waals surface area contributed by atoms with Crippen molar-refractivity contribution < 1.29 is 29.2 Å². The van der Waals surface area contributed by atoms with Crippen molar-refractivity contribution in [3.63, 3.8) is 0 Å². The van der Waals surface area contributed by atoms with Gasteiger partial charge in [-0.15, -0.1) is 0 Å². The van der Waals surface area contributed by atoms with Crippen LogP contribution in [0.25, 0.3) is 0 Å². The van der Waals surface area contributed by atoms with Crippen molar-refractivity contribution in [3.8, 4) is 0 Å². The molecule has 0 saturated carbocycles. The quantitative estimate of drug-likeness (QED) is 0.0903. The number of hydrogen-bond acceptors (Lipinski definition) is 11. The van der Waals surface area contributed by atoms with Crippen LogP contribution in [0.5, 0.6) is 0 Å². The number of carbonyl (C=O) groups is 3. The number of nitro benzene ring substituents is 3. The van der Waals surface area contributed by atoms with Gasteiger partial charge in [0.2, 0.25) is 17.7 Å². The molecule has 0 atom stereocenters. The van der Waals surface area contributed by atoms with Gasteiger partial charge in [0, 0.05) is 77.0 Å². The Bertz CT molecular complexity index is 1910. The predicted octanol–water partition coefficient (Wildman–Crippen LogP) is 5.88. The molecule has 0 unspecified atom stereocenters. The smallest absolute Gasteiger partial charge is 0.272 e. The minimum Gasteiger partial charge on any atom is -0.399 e. The van der Waals surface area contributed by atoms with E-state index >= 15 is 0 Å². The summed E-state index contributed by atoms with van der Waals surface area (Å²) in [5, 5.41) is 36.4. The minimum atomic E-state index is -0.585. The number of nitro groups is 3. The number of aryl methyl sites for hydroxylation is 4. The molecule has 0 spiro atoms. The van der Waals surface area contributed by atoms with Crippen LogP contribution in [-0.4, -0.2) is 32.5 Å². The van der Waals surface area contributed by atoms with Crippen LogP contribution in [0.4, 0.5) is 39.8 Å². The average Bonchev–Trinajstić information content (AvgIpc) is 2.99. The lowest BCUT2D eigenvalue weighted by molar-refractivity contribution is -0.385. The maximum Gasteiger partial charge on any atom is 0.272 e. The maximum absolute atomic E-state index is 10.7. The highest BCUT2D eigenvalue weighted by Crippen LogP contribution is 2.22. The first-order valence-electron chi connectivity index (χ1n) is 14.4. The Balaban J connectivity index is 0.000000335. The second-order valence-electron chi connectivity index (χ2n) is 10.6. The molecule has 0 saturated heterocycles. The molecule has 17 nitrogen and oxygen atoms in total. The maximum atomic E-state index is 10.7. The zero-order valence-corrected chi connectivity index (χ0v) is 28.2. The molecule has 0 radical (unpaired) electrons. The van der Waals surface area contributed by atoms with Crippen molar-refractivity contribution in [1.82, 2.24) is 0 Å². The summed E-state index contributed by atoms with van der Waals surface area (Å²) in [4.78, 5) is 61.8. The molecule has 0 fully saturated rings. The minimum absolute atomic E-state index is 0.00926. The van der Waals surface area contributed by atoms with E-state index in [0.717, 1.165) is 16.9 Å². The SMILES string of the molecule is CC(=O)Nc1ccc(N)c(C)c1.CC(=O)Nc1ccc([N+](=O)[O-])c(C)c1.Cc1cc(C(N)=O)ccc1[N+](=O)[O-].Cc1cc(N)ccc1[N+](=O)[O-]. The zero-order chi connectivity index (χ0) is 38.3. The van der Waals surface area contributed by atoms with Gasteiger partial charge in [-0.3, -0.25) is 44.7 Å². The Morgan fingerprint density at radius 2 is 0.940 bits per heavy atom. The van der Waals surface area contributed by atoms with Crippen LogP contribution in [0.3, 0.4) is 0 Å². The van der Waals surface area contributed by atoms with Crippen LogP contribution in [0.1, 0.15) is 46.5 Å². The van der Waals surface area contributed by atoms with E-state index < -0.39 is 20.7 Å². The molecule has 0 aliphatic heterocycles. The van der Waals surface area contributed by atoms with Gasteiger partial charge in [-0.05, 0) is 87.9 Å². The van der Waals surface area contributed by atoms with Crippen LogP contribution in [0.2, 0.25) is 0 Å². The molecule has 3 amide bonds. The Kier molecular flexibility index (Phi) is 15.7. The zero-order valence-electron chi connectivity index (χ0n) is 28.2. The lowest BCUT2D eigenvalue weighted by Gasteiger charge is -2.04. The number of nitrogens with one attached hydrogen (secondary N) is 2. The van der Waals surface area contributed by atoms with Gasteiger partial charge in [-0.1, -0.05) is 0 Å². The van der Waals surface area contributed by atoms with Crippen LogP contribution in [0, 0.1) is 58.0 Å². The number of hydrogen-bond donors (Lipinski definition) is 5. The van der Waals surface area contributed by atoms with Gasteiger partial charge in [0.25, 0.3) is 17.1 Å². The fourth-order valence-corrected chi connectivity index (χ4v) is 4.00. The highest BCUT2D eigenvalue weighted by Gasteiger charge is 2.12. The summed E-state index contributed by atoms with van der Waals surface area (Å²) in [6.45, 7) is 9.62. The van der Waals surface area contributed by atoms with Gasteiger partial charge >= 0.3 is 0 Å². The van der Waals surface area contributed by atoms with E-state index in [1.54, 1.807) is 45.0 Å². The van der Waals surface area contributed by atoms with Crippen LogP contribution in [-0.2, 0) is 9.59 Å². The second-order valence-corrected chi connectivity index (χ2v) is 10.6. The normalized spacial score (nSPS) is 9.56. The summed E-state index contributed by atoms with van der Waals surface area (Å²) in [6.07, 6.45) is 0. The van der Waals surface area contributed by atoms with Gasteiger partial charge in [0.1, 0.15) is 0 Å². The summed E-state index contributed by atoms with van der Waals surface area (Å²) in [5.74, 6) is -0.851. The molecule has 17 heteroatoms. The number of nitrogens with two attached hydrogens (primary N) is 3. The Morgan fingerprint density at radius 1 is 0.560 bits per heavy atom. The molecule has 0 aliphatic carbocycles. The first-order chi connectivity index (χ1) is 23.2. The fraction of sp³-hybridized carbons (Fsp3) is 0.182. The topological polar surface area (TPSA) is 283 Å². The molecule has 4 rings (SSSR count). The average molecular weight is 691 g/mol. The van der Waals surface area contributed by atoms with Gasteiger partial charge in [0.05, 0.1) is 14.8 Å². The van der Waals surface area contributed by atoms with Crippen molar-refractivity contribution in [2.75, 3.05) is 22.1 Å².